The van der Waals surface area contributed by atoms with Crippen molar-refractivity contribution in [1.82, 2.24) is 10.6 Å². The summed E-state index contributed by atoms with van der Waals surface area (Å²) in [6, 6.07) is 5.38. The molecule has 11 heteroatoms. The maximum atomic E-state index is 13.8. The molecule has 4 atom stereocenters. The highest BCUT2D eigenvalue weighted by atomic mass is 35.5. The Morgan fingerprint density at radius 1 is 1.20 bits per heavy atom. The van der Waals surface area contributed by atoms with Gasteiger partial charge in [-0.25, -0.2) is 0 Å². The number of alkyl halides is 3. The second kappa shape index (κ2) is 11.0. The molecule has 1 aliphatic heterocycles. The largest absolute Gasteiger partial charge is 0.421 e. The summed E-state index contributed by atoms with van der Waals surface area (Å²) in [6.45, 7) is 0.490. The number of benzene rings is 1. The minimum absolute atomic E-state index is 0.114. The second-order valence-corrected chi connectivity index (χ2v) is 9.80. The number of carbonyl (C=O) groups excluding carboxylic acids is 3. The predicted octanol–water partition coefficient (Wildman–Crippen LogP) is 3.39. The minimum Gasteiger partial charge on any atom is -0.376 e. The van der Waals surface area contributed by atoms with Crippen LogP contribution in [0, 0.1) is 29.1 Å². The highest BCUT2D eigenvalue weighted by Gasteiger charge is 2.56. The van der Waals surface area contributed by atoms with Gasteiger partial charge in [-0.3, -0.25) is 14.4 Å². The molecule has 7 nitrogen and oxygen atoms in total. The van der Waals surface area contributed by atoms with E-state index in [0.29, 0.717) is 19.4 Å². The van der Waals surface area contributed by atoms with E-state index in [1.54, 1.807) is 0 Å². The molecule has 3 rings (SSSR count). The fraction of sp³-hybridized carbons (Fsp3) is 0.583. The quantitative estimate of drug-likeness (QED) is 0.419. The Morgan fingerprint density at radius 2 is 1.86 bits per heavy atom. The fourth-order valence-electron chi connectivity index (χ4n) is 4.35. The van der Waals surface area contributed by atoms with E-state index in [1.165, 1.54) is 12.1 Å². The van der Waals surface area contributed by atoms with Crippen molar-refractivity contribution in [1.29, 1.82) is 5.26 Å². The van der Waals surface area contributed by atoms with Crippen LogP contribution in [0.15, 0.2) is 24.3 Å². The van der Waals surface area contributed by atoms with Crippen LogP contribution in [0.25, 0.3) is 0 Å². The van der Waals surface area contributed by atoms with Crippen LogP contribution in [-0.4, -0.2) is 41.5 Å². The van der Waals surface area contributed by atoms with Crippen LogP contribution >= 0.6 is 11.6 Å². The van der Waals surface area contributed by atoms with Gasteiger partial charge in [-0.1, -0.05) is 36.6 Å². The molecule has 0 radical (unpaired) electrons. The topological polar surface area (TPSA) is 119 Å². The van der Waals surface area contributed by atoms with Crippen molar-refractivity contribution in [3.8, 4) is 6.07 Å². The Morgan fingerprint density at radius 3 is 2.37 bits per heavy atom. The maximum absolute atomic E-state index is 13.8. The third-order valence-corrected chi connectivity index (χ3v) is 6.81. The van der Waals surface area contributed by atoms with Crippen molar-refractivity contribution >= 4 is 29.2 Å². The van der Waals surface area contributed by atoms with Gasteiger partial charge in [-0.2, -0.15) is 18.4 Å². The highest BCUT2D eigenvalue weighted by molar-refractivity contribution is 6.30. The van der Waals surface area contributed by atoms with Gasteiger partial charge in [0.15, 0.2) is 5.60 Å². The summed E-state index contributed by atoms with van der Waals surface area (Å²) < 4.78 is 41.5. The first kappa shape index (κ1) is 27.0. The predicted molar refractivity (Wildman–Crippen MR) is 120 cm³/mol. The summed E-state index contributed by atoms with van der Waals surface area (Å²) in [5.41, 5.74) is -3.95. The zero-order chi connectivity index (χ0) is 25.8. The first-order chi connectivity index (χ1) is 16.4. The van der Waals surface area contributed by atoms with Crippen molar-refractivity contribution in [2.45, 2.75) is 62.8 Å². The van der Waals surface area contributed by atoms with E-state index in [0.717, 1.165) is 25.0 Å². The van der Waals surface area contributed by atoms with Gasteiger partial charge in [-0.05, 0) is 42.9 Å². The van der Waals surface area contributed by atoms with Crippen molar-refractivity contribution in [2.24, 2.45) is 17.8 Å². The van der Waals surface area contributed by atoms with Crippen LogP contribution in [-0.2, 0) is 20.0 Å². The summed E-state index contributed by atoms with van der Waals surface area (Å²) in [5.74, 6) is -2.91. The van der Waals surface area contributed by atoms with Crippen LogP contribution in [0.5, 0.6) is 0 Å². The number of amides is 2. The maximum Gasteiger partial charge on any atom is 0.421 e. The van der Waals surface area contributed by atoms with Crippen molar-refractivity contribution in [3.63, 3.8) is 0 Å². The van der Waals surface area contributed by atoms with E-state index in [2.05, 4.69) is 10.6 Å². The Bertz CT molecular complexity index is 991. The van der Waals surface area contributed by atoms with Crippen molar-refractivity contribution < 1.29 is 32.7 Å². The standard InChI is InChI=1S/C24H27ClF3N3O4/c25-18-5-3-17(4-6-18)23(35,24(26,27)28)12-20(32)11-16(9-14-1-2-14)22(34)31-19(13-29)10-15-7-8-30-21(15)33/h3-6,14-16,19,35H,1-2,7-12H2,(H,30,33)(H,31,34). The van der Waals surface area contributed by atoms with Gasteiger partial charge < -0.3 is 15.7 Å². The van der Waals surface area contributed by atoms with Gasteiger partial charge >= 0.3 is 6.18 Å². The molecule has 3 N–H and O–H groups in total. The van der Waals surface area contributed by atoms with Crippen molar-refractivity contribution in [3.05, 3.63) is 34.9 Å². The van der Waals surface area contributed by atoms with E-state index in [4.69, 9.17) is 11.6 Å². The first-order valence-corrected chi connectivity index (χ1v) is 11.8. The van der Waals surface area contributed by atoms with Gasteiger partial charge in [0.1, 0.15) is 11.8 Å². The SMILES string of the molecule is N#CC(CC1CCNC1=O)NC(=O)C(CC(=O)CC(O)(c1ccc(Cl)cc1)C(F)(F)F)CC1CC1. The van der Waals surface area contributed by atoms with E-state index >= 15 is 0 Å². The summed E-state index contributed by atoms with van der Waals surface area (Å²) in [4.78, 5) is 37.5. The molecule has 2 aliphatic rings. The summed E-state index contributed by atoms with van der Waals surface area (Å²) >= 11 is 5.74. The zero-order valence-corrected chi connectivity index (χ0v) is 19.7. The molecule has 35 heavy (non-hydrogen) atoms. The molecule has 4 unspecified atom stereocenters. The summed E-state index contributed by atoms with van der Waals surface area (Å²) in [7, 11) is 0. The zero-order valence-electron chi connectivity index (χ0n) is 18.9. The third kappa shape index (κ3) is 6.95. The first-order valence-electron chi connectivity index (χ1n) is 11.5. The lowest BCUT2D eigenvalue weighted by Crippen LogP contribution is -2.45. The van der Waals surface area contributed by atoms with Gasteiger partial charge in [0, 0.05) is 36.2 Å². The number of hydrogen-bond acceptors (Lipinski definition) is 5. The van der Waals surface area contributed by atoms with Gasteiger partial charge in [0.05, 0.1) is 6.07 Å². The minimum atomic E-state index is -5.14. The van der Waals surface area contributed by atoms with Crippen LogP contribution in [0.3, 0.4) is 0 Å². The monoisotopic (exact) mass is 513 g/mol. The molecular formula is C24H27ClF3N3O4. The summed E-state index contributed by atoms with van der Waals surface area (Å²) in [5, 5.41) is 25.3. The number of ketones is 1. The normalized spacial score (nSPS) is 21.4. The molecule has 1 saturated heterocycles. The molecule has 2 amide bonds. The van der Waals surface area contributed by atoms with Gasteiger partial charge in [0.2, 0.25) is 11.8 Å². The highest BCUT2D eigenvalue weighted by Crippen LogP contribution is 2.43. The number of rotatable bonds is 11. The molecule has 0 spiro atoms. The number of hydrogen-bond donors (Lipinski definition) is 3. The smallest absolute Gasteiger partial charge is 0.376 e. The number of Topliss-reactive ketones (excluding diaryl/α,β-unsaturated/α-hetero) is 1. The number of nitrogens with zero attached hydrogens (tertiary/aromatic N) is 1. The fourth-order valence-corrected chi connectivity index (χ4v) is 4.48. The van der Waals surface area contributed by atoms with Crippen LogP contribution < -0.4 is 10.6 Å². The molecule has 1 heterocycles. The van der Waals surface area contributed by atoms with E-state index in [9.17, 15) is 37.9 Å². The Balaban J connectivity index is 1.70. The Hall–Kier alpha value is -2.64. The van der Waals surface area contributed by atoms with Crippen LogP contribution in [0.1, 0.15) is 50.5 Å². The van der Waals surface area contributed by atoms with Crippen molar-refractivity contribution in [2.75, 3.05) is 6.54 Å². The van der Waals surface area contributed by atoms with E-state index in [-0.39, 0.29) is 23.3 Å². The molecule has 0 aromatic heterocycles. The molecule has 1 aromatic carbocycles. The molecule has 2 fully saturated rings. The molecule has 0 bridgehead atoms. The van der Waals surface area contributed by atoms with Gasteiger partial charge in [0.25, 0.3) is 0 Å². The average Bonchev–Trinajstić information content (AvgIpc) is 3.52. The van der Waals surface area contributed by atoms with E-state index in [1.807, 2.05) is 6.07 Å². The number of halogens is 4. The number of nitrogens with one attached hydrogen (secondary N) is 2. The lowest BCUT2D eigenvalue weighted by molar-refractivity contribution is -0.267. The molecular weight excluding hydrogens is 487 g/mol. The Labute approximate surface area is 206 Å². The van der Waals surface area contributed by atoms with Gasteiger partial charge in [-0.15, -0.1) is 0 Å². The third-order valence-electron chi connectivity index (χ3n) is 6.56. The lowest BCUT2D eigenvalue weighted by Gasteiger charge is -2.31. The molecule has 1 saturated carbocycles. The number of carbonyl (C=O) groups is 3. The lowest BCUT2D eigenvalue weighted by atomic mass is 9.84. The van der Waals surface area contributed by atoms with Crippen LogP contribution in [0.2, 0.25) is 5.02 Å². The second-order valence-electron chi connectivity index (χ2n) is 9.36. The number of aliphatic hydroxyl groups is 1. The molecule has 1 aromatic rings. The average molecular weight is 514 g/mol. The molecule has 190 valence electrons. The summed E-state index contributed by atoms with van der Waals surface area (Å²) in [6.07, 6.45) is -4.26. The van der Waals surface area contributed by atoms with Crippen LogP contribution in [0.4, 0.5) is 13.2 Å². The van der Waals surface area contributed by atoms with E-state index < -0.39 is 59.8 Å². The molecule has 1 aliphatic carbocycles. The number of nitriles is 1. The Kier molecular flexibility index (Phi) is 8.44.